The number of nitrogens with two attached hydrogens (primary N) is 1. The van der Waals surface area contributed by atoms with Crippen molar-refractivity contribution < 1.29 is 4.79 Å². The summed E-state index contributed by atoms with van der Waals surface area (Å²) in [5.74, 6) is -0.144. The van der Waals surface area contributed by atoms with Gasteiger partial charge in [0.25, 0.3) is 5.91 Å². The second-order valence-corrected chi connectivity index (χ2v) is 5.17. The minimum Gasteiger partial charge on any atom is -0.383 e. The van der Waals surface area contributed by atoms with Crippen molar-refractivity contribution in [1.82, 2.24) is 9.97 Å². The molecule has 5 nitrogen and oxygen atoms in total. The lowest BCUT2D eigenvalue weighted by Crippen LogP contribution is -2.15. The normalized spacial score (nSPS) is 10.1. The van der Waals surface area contributed by atoms with Gasteiger partial charge in [-0.3, -0.25) is 9.78 Å². The van der Waals surface area contributed by atoms with E-state index in [9.17, 15) is 4.79 Å². The standard InChI is InChI=1S/C11H8Br2N4O/c12-6-3-7(10(14)16-4-6)11(18)17-9-1-2-15-5-8(9)13/h1-5H,(H2,14,16)(H,15,17,18). The molecule has 0 aromatic carbocycles. The highest BCUT2D eigenvalue weighted by atomic mass is 79.9. The molecule has 0 radical (unpaired) electrons. The predicted octanol–water partition coefficient (Wildman–Crippen LogP) is 2.84. The van der Waals surface area contributed by atoms with Crippen LogP contribution in [0.5, 0.6) is 0 Å². The Labute approximate surface area is 120 Å². The van der Waals surface area contributed by atoms with E-state index < -0.39 is 0 Å². The molecule has 2 heterocycles. The first kappa shape index (κ1) is 13.0. The Morgan fingerprint density at radius 1 is 1.33 bits per heavy atom. The van der Waals surface area contributed by atoms with Crippen LogP contribution in [0.25, 0.3) is 0 Å². The summed E-state index contributed by atoms with van der Waals surface area (Å²) < 4.78 is 1.38. The van der Waals surface area contributed by atoms with E-state index in [1.807, 2.05) is 0 Å². The van der Waals surface area contributed by atoms with E-state index in [2.05, 4.69) is 47.1 Å². The molecule has 0 saturated heterocycles. The third kappa shape index (κ3) is 2.85. The van der Waals surface area contributed by atoms with Gasteiger partial charge in [0.1, 0.15) is 5.82 Å². The highest BCUT2D eigenvalue weighted by Crippen LogP contribution is 2.22. The van der Waals surface area contributed by atoms with Gasteiger partial charge in [0.15, 0.2) is 0 Å². The molecular weight excluding hydrogens is 364 g/mol. The number of nitrogen functional groups attached to an aromatic ring is 1. The van der Waals surface area contributed by atoms with Gasteiger partial charge in [0.05, 0.1) is 15.7 Å². The van der Waals surface area contributed by atoms with Crippen LogP contribution in [0.4, 0.5) is 11.5 Å². The van der Waals surface area contributed by atoms with Gasteiger partial charge in [-0.2, -0.15) is 0 Å². The third-order valence-electron chi connectivity index (χ3n) is 2.15. The average molecular weight is 372 g/mol. The van der Waals surface area contributed by atoms with Gasteiger partial charge in [-0.15, -0.1) is 0 Å². The molecule has 3 N–H and O–H groups in total. The van der Waals surface area contributed by atoms with Crippen molar-refractivity contribution in [2.24, 2.45) is 0 Å². The molecule has 0 fully saturated rings. The number of rotatable bonds is 2. The van der Waals surface area contributed by atoms with Crippen LogP contribution in [0.15, 0.2) is 39.7 Å². The second-order valence-electron chi connectivity index (χ2n) is 3.40. The zero-order valence-electron chi connectivity index (χ0n) is 9.02. The molecule has 0 bridgehead atoms. The van der Waals surface area contributed by atoms with Crippen molar-refractivity contribution in [3.63, 3.8) is 0 Å². The van der Waals surface area contributed by atoms with Crippen LogP contribution >= 0.6 is 31.9 Å². The number of hydrogen-bond acceptors (Lipinski definition) is 4. The number of nitrogens with zero attached hydrogens (tertiary/aromatic N) is 2. The maximum absolute atomic E-state index is 12.0. The van der Waals surface area contributed by atoms with Gasteiger partial charge in [0, 0.05) is 23.1 Å². The summed E-state index contributed by atoms with van der Waals surface area (Å²) in [6, 6.07) is 3.30. The van der Waals surface area contributed by atoms with Gasteiger partial charge >= 0.3 is 0 Å². The van der Waals surface area contributed by atoms with E-state index in [4.69, 9.17) is 5.73 Å². The highest BCUT2D eigenvalue weighted by Gasteiger charge is 2.12. The lowest BCUT2D eigenvalue weighted by molar-refractivity contribution is 0.102. The molecule has 0 spiro atoms. The first-order chi connectivity index (χ1) is 8.58. The monoisotopic (exact) mass is 370 g/mol. The summed E-state index contributed by atoms with van der Waals surface area (Å²) >= 11 is 6.54. The number of aromatic nitrogens is 2. The second kappa shape index (κ2) is 5.45. The number of nitrogens with one attached hydrogen (secondary N) is 1. The highest BCUT2D eigenvalue weighted by molar-refractivity contribution is 9.10. The topological polar surface area (TPSA) is 80.9 Å². The summed E-state index contributed by atoms with van der Waals surface area (Å²) in [4.78, 5) is 19.9. The fourth-order valence-electron chi connectivity index (χ4n) is 1.30. The molecule has 1 amide bonds. The van der Waals surface area contributed by atoms with Crippen LogP contribution in [0.2, 0.25) is 0 Å². The Hall–Kier alpha value is -1.47. The summed E-state index contributed by atoms with van der Waals surface area (Å²) in [6.45, 7) is 0. The fraction of sp³-hybridized carbons (Fsp3) is 0. The van der Waals surface area contributed by atoms with Crippen LogP contribution in [-0.2, 0) is 0 Å². The zero-order chi connectivity index (χ0) is 13.1. The molecule has 2 aromatic heterocycles. The Balaban J connectivity index is 2.28. The van der Waals surface area contributed by atoms with E-state index in [1.54, 1.807) is 24.5 Å². The minimum absolute atomic E-state index is 0.181. The smallest absolute Gasteiger partial charge is 0.259 e. The Bertz CT molecular complexity index is 603. The maximum Gasteiger partial charge on any atom is 0.259 e. The summed E-state index contributed by atoms with van der Waals surface area (Å²) in [6.07, 6.45) is 4.72. The predicted molar refractivity (Wildman–Crippen MR) is 76.2 cm³/mol. The van der Waals surface area contributed by atoms with Gasteiger partial charge in [-0.05, 0) is 44.0 Å². The molecule has 18 heavy (non-hydrogen) atoms. The van der Waals surface area contributed by atoms with Crippen LogP contribution in [0.3, 0.4) is 0 Å². The first-order valence-corrected chi connectivity index (χ1v) is 6.48. The molecule has 92 valence electrons. The number of pyridine rings is 2. The Kier molecular flexibility index (Phi) is 3.93. The van der Waals surface area contributed by atoms with Gasteiger partial charge < -0.3 is 11.1 Å². The van der Waals surface area contributed by atoms with E-state index >= 15 is 0 Å². The molecular formula is C11H8Br2N4O. The summed E-state index contributed by atoms with van der Waals surface area (Å²) in [7, 11) is 0. The molecule has 0 aliphatic rings. The van der Waals surface area contributed by atoms with E-state index in [-0.39, 0.29) is 11.7 Å². The van der Waals surface area contributed by atoms with Crippen molar-refractivity contribution >= 4 is 49.3 Å². The quantitative estimate of drug-likeness (QED) is 0.850. The van der Waals surface area contributed by atoms with Crippen LogP contribution < -0.4 is 11.1 Å². The van der Waals surface area contributed by atoms with E-state index in [0.29, 0.717) is 20.2 Å². The Morgan fingerprint density at radius 2 is 2.11 bits per heavy atom. The van der Waals surface area contributed by atoms with Crippen LogP contribution in [0.1, 0.15) is 10.4 Å². The molecule has 0 aliphatic carbocycles. The molecule has 2 rings (SSSR count). The molecule has 2 aromatic rings. The minimum atomic E-state index is -0.326. The van der Waals surface area contributed by atoms with E-state index in [0.717, 1.165) is 0 Å². The summed E-state index contributed by atoms with van der Waals surface area (Å²) in [5, 5.41) is 2.73. The molecule has 0 unspecified atom stereocenters. The van der Waals surface area contributed by atoms with E-state index in [1.165, 1.54) is 6.20 Å². The van der Waals surface area contributed by atoms with Crippen LogP contribution in [0, 0.1) is 0 Å². The maximum atomic E-state index is 12.0. The Morgan fingerprint density at radius 3 is 2.83 bits per heavy atom. The number of halogens is 2. The number of anilines is 2. The van der Waals surface area contributed by atoms with Crippen molar-refractivity contribution in [2.45, 2.75) is 0 Å². The van der Waals surface area contributed by atoms with Crippen molar-refractivity contribution in [1.29, 1.82) is 0 Å². The van der Waals surface area contributed by atoms with Gasteiger partial charge in [-0.1, -0.05) is 0 Å². The molecule has 0 saturated carbocycles. The molecule has 7 heteroatoms. The third-order valence-corrected chi connectivity index (χ3v) is 3.22. The van der Waals surface area contributed by atoms with Gasteiger partial charge in [0.2, 0.25) is 0 Å². The molecule has 0 atom stereocenters. The lowest BCUT2D eigenvalue weighted by Gasteiger charge is -2.08. The first-order valence-electron chi connectivity index (χ1n) is 4.90. The number of carbonyl (C=O) groups is 1. The number of amides is 1. The largest absolute Gasteiger partial charge is 0.383 e. The summed E-state index contributed by atoms with van der Waals surface area (Å²) in [5.41, 5.74) is 6.60. The fourth-order valence-corrected chi connectivity index (χ4v) is 1.98. The van der Waals surface area contributed by atoms with Gasteiger partial charge in [-0.25, -0.2) is 4.98 Å². The number of carbonyl (C=O) groups excluding carboxylic acids is 1. The number of hydrogen-bond donors (Lipinski definition) is 2. The molecule has 0 aliphatic heterocycles. The SMILES string of the molecule is Nc1ncc(Br)cc1C(=O)Nc1ccncc1Br. The zero-order valence-corrected chi connectivity index (χ0v) is 12.2. The lowest BCUT2D eigenvalue weighted by atomic mass is 10.2. The van der Waals surface area contributed by atoms with Crippen molar-refractivity contribution in [2.75, 3.05) is 11.1 Å². The van der Waals surface area contributed by atoms with Crippen molar-refractivity contribution in [3.05, 3.63) is 45.2 Å². The van der Waals surface area contributed by atoms with Crippen LogP contribution in [-0.4, -0.2) is 15.9 Å². The average Bonchev–Trinajstić information content (AvgIpc) is 2.35. The van der Waals surface area contributed by atoms with Crippen molar-refractivity contribution in [3.8, 4) is 0 Å².